The van der Waals surface area contributed by atoms with Crippen molar-refractivity contribution in [3.05, 3.63) is 107 Å². The number of phenolic OH excluding ortho intramolecular Hbond substituents is 2. The number of benzene rings is 4. The summed E-state index contributed by atoms with van der Waals surface area (Å²) < 4.78 is 0. The Morgan fingerprint density at radius 3 is 1.16 bits per heavy atom. The topological polar surface area (TPSA) is 65.2 Å². The molecule has 0 fully saturated rings. The zero-order chi connectivity index (χ0) is 27.5. The monoisotopic (exact) mass is 504 g/mol. The molecule has 4 nitrogen and oxygen atoms in total. The smallest absolute Gasteiger partial charge is 0.128 e. The molecule has 0 saturated heterocycles. The predicted molar refractivity (Wildman–Crippen MR) is 160 cm³/mol. The molecule has 0 heterocycles. The van der Waals surface area contributed by atoms with Crippen molar-refractivity contribution in [2.75, 3.05) is 0 Å². The van der Waals surface area contributed by atoms with Gasteiger partial charge in [0, 0.05) is 23.6 Å². The summed E-state index contributed by atoms with van der Waals surface area (Å²) in [5.74, 6) is 0.556. The molecule has 0 aliphatic heterocycles. The molecule has 0 spiro atoms. The maximum absolute atomic E-state index is 10.7. The van der Waals surface area contributed by atoms with Gasteiger partial charge in [0.2, 0.25) is 0 Å². The Bertz CT molecular complexity index is 1350. The summed E-state index contributed by atoms with van der Waals surface area (Å²) in [6, 6.07) is 27.5. The van der Waals surface area contributed by atoms with Crippen LogP contribution in [0.15, 0.2) is 94.9 Å². The van der Waals surface area contributed by atoms with E-state index < -0.39 is 0 Å². The van der Waals surface area contributed by atoms with E-state index in [4.69, 9.17) is 0 Å². The summed E-state index contributed by atoms with van der Waals surface area (Å²) in [6.45, 7) is 12.5. The molecule has 4 heteroatoms. The van der Waals surface area contributed by atoms with E-state index in [0.29, 0.717) is 11.1 Å². The van der Waals surface area contributed by atoms with Gasteiger partial charge in [0.15, 0.2) is 0 Å². The van der Waals surface area contributed by atoms with Crippen LogP contribution >= 0.6 is 0 Å². The Morgan fingerprint density at radius 2 is 0.842 bits per heavy atom. The average molecular weight is 505 g/mol. The largest absolute Gasteiger partial charge is 0.507 e. The molecular weight excluding hydrogens is 468 g/mol. The van der Waals surface area contributed by atoms with E-state index >= 15 is 0 Å². The van der Waals surface area contributed by atoms with E-state index in [1.807, 2.05) is 84.9 Å². The molecule has 4 rings (SSSR count). The minimum Gasteiger partial charge on any atom is -0.507 e. The number of phenols is 2. The SMILES string of the molecule is CC(C)(C)c1cccc(/C=N/c2ccc(-c3ccc(/N=C/c4cccc(C(C)(C)C)c4O)cc3)cc2)c1O. The first kappa shape index (κ1) is 26.9. The molecular formula is C34H36N2O2. The number of para-hydroxylation sites is 2. The lowest BCUT2D eigenvalue weighted by Crippen LogP contribution is -2.11. The van der Waals surface area contributed by atoms with E-state index in [2.05, 4.69) is 51.5 Å². The number of rotatable bonds is 5. The quantitative estimate of drug-likeness (QED) is 0.267. The second-order valence-corrected chi connectivity index (χ2v) is 11.6. The van der Waals surface area contributed by atoms with Crippen LogP contribution in [0.4, 0.5) is 11.4 Å². The number of aliphatic imine (C=N–C) groups is 2. The number of nitrogens with zero attached hydrogens (tertiary/aromatic N) is 2. The highest BCUT2D eigenvalue weighted by Gasteiger charge is 2.20. The van der Waals surface area contributed by atoms with Crippen molar-refractivity contribution in [2.24, 2.45) is 9.98 Å². The lowest BCUT2D eigenvalue weighted by atomic mass is 9.85. The maximum Gasteiger partial charge on any atom is 0.128 e. The highest BCUT2D eigenvalue weighted by molar-refractivity contribution is 5.87. The van der Waals surface area contributed by atoms with Crippen LogP contribution in [0.25, 0.3) is 11.1 Å². The Morgan fingerprint density at radius 1 is 0.500 bits per heavy atom. The highest BCUT2D eigenvalue weighted by atomic mass is 16.3. The minimum absolute atomic E-state index is 0.143. The molecule has 2 N–H and O–H groups in total. The second-order valence-electron chi connectivity index (χ2n) is 11.6. The van der Waals surface area contributed by atoms with Gasteiger partial charge >= 0.3 is 0 Å². The van der Waals surface area contributed by atoms with Gasteiger partial charge in [0.1, 0.15) is 11.5 Å². The van der Waals surface area contributed by atoms with Gasteiger partial charge < -0.3 is 10.2 Å². The second kappa shape index (κ2) is 10.7. The molecule has 0 atom stereocenters. The van der Waals surface area contributed by atoms with Gasteiger partial charge in [-0.2, -0.15) is 0 Å². The van der Waals surface area contributed by atoms with Gasteiger partial charge in [-0.15, -0.1) is 0 Å². The number of aromatic hydroxyl groups is 2. The summed E-state index contributed by atoms with van der Waals surface area (Å²) in [6.07, 6.45) is 3.42. The highest BCUT2D eigenvalue weighted by Crippen LogP contribution is 2.34. The van der Waals surface area contributed by atoms with Crippen molar-refractivity contribution in [1.82, 2.24) is 0 Å². The molecule has 4 aromatic rings. The zero-order valence-electron chi connectivity index (χ0n) is 23.0. The van der Waals surface area contributed by atoms with E-state index in [0.717, 1.165) is 33.6 Å². The molecule has 0 aliphatic carbocycles. The van der Waals surface area contributed by atoms with E-state index in [9.17, 15) is 10.2 Å². The van der Waals surface area contributed by atoms with Crippen LogP contribution < -0.4 is 0 Å². The molecule has 0 aromatic heterocycles. The van der Waals surface area contributed by atoms with Crippen LogP contribution in [0.2, 0.25) is 0 Å². The summed E-state index contributed by atoms with van der Waals surface area (Å²) in [5, 5.41) is 21.3. The van der Waals surface area contributed by atoms with Crippen molar-refractivity contribution >= 4 is 23.8 Å². The Kier molecular flexibility index (Phi) is 7.54. The first-order valence-electron chi connectivity index (χ1n) is 12.9. The van der Waals surface area contributed by atoms with Crippen molar-refractivity contribution in [3.63, 3.8) is 0 Å². The predicted octanol–water partition coefficient (Wildman–Crippen LogP) is 8.86. The normalized spacial score (nSPS) is 12.5. The van der Waals surface area contributed by atoms with Crippen molar-refractivity contribution in [2.45, 2.75) is 52.4 Å². The molecule has 194 valence electrons. The fourth-order valence-corrected chi connectivity index (χ4v) is 4.31. The number of hydrogen-bond acceptors (Lipinski definition) is 4. The maximum atomic E-state index is 10.7. The molecule has 0 unspecified atom stereocenters. The number of hydrogen-bond donors (Lipinski definition) is 2. The van der Waals surface area contributed by atoms with Crippen LogP contribution in [0.1, 0.15) is 63.8 Å². The summed E-state index contributed by atoms with van der Waals surface area (Å²) in [4.78, 5) is 9.13. The third-order valence-corrected chi connectivity index (χ3v) is 6.52. The Hall–Kier alpha value is -4.18. The Labute approximate surface area is 226 Å². The van der Waals surface area contributed by atoms with Gasteiger partial charge in [-0.05, 0) is 69.5 Å². The molecule has 0 saturated carbocycles. The fraction of sp³-hybridized carbons (Fsp3) is 0.235. The van der Waals surface area contributed by atoms with Crippen molar-refractivity contribution in [1.29, 1.82) is 0 Å². The first-order chi connectivity index (χ1) is 17.9. The van der Waals surface area contributed by atoms with Gasteiger partial charge in [0.05, 0.1) is 11.4 Å². The first-order valence-corrected chi connectivity index (χ1v) is 12.9. The van der Waals surface area contributed by atoms with Crippen molar-refractivity contribution < 1.29 is 10.2 Å². The van der Waals surface area contributed by atoms with Crippen LogP contribution in [0, 0.1) is 0 Å². The standard InChI is InChI=1S/C34H36N2O2/c1-33(2,3)29-11-7-9-25(31(29)37)21-35-27-17-13-23(14-18-27)24-15-19-28(20-16-24)36-22-26-10-8-12-30(32(26)38)34(4,5)6/h7-22,37-38H,1-6H3/b35-21+,36-22+. The van der Waals surface area contributed by atoms with Gasteiger partial charge in [-0.3, -0.25) is 9.98 Å². The average Bonchev–Trinajstić information content (AvgIpc) is 2.87. The summed E-state index contributed by atoms with van der Waals surface area (Å²) >= 11 is 0. The van der Waals surface area contributed by atoms with Crippen LogP contribution in [0.3, 0.4) is 0 Å². The molecule has 38 heavy (non-hydrogen) atoms. The van der Waals surface area contributed by atoms with Crippen LogP contribution in [-0.2, 0) is 10.8 Å². The van der Waals surface area contributed by atoms with Gasteiger partial charge in [-0.25, -0.2) is 0 Å². The lowest BCUT2D eigenvalue weighted by Gasteiger charge is -2.21. The van der Waals surface area contributed by atoms with E-state index in [-0.39, 0.29) is 22.3 Å². The minimum atomic E-state index is -0.143. The van der Waals surface area contributed by atoms with Crippen LogP contribution in [-0.4, -0.2) is 22.6 Å². The van der Waals surface area contributed by atoms with E-state index in [1.165, 1.54) is 0 Å². The Balaban J connectivity index is 1.47. The molecule has 0 bridgehead atoms. The third-order valence-electron chi connectivity index (χ3n) is 6.52. The molecule has 0 amide bonds. The summed E-state index contributed by atoms with van der Waals surface area (Å²) in [7, 11) is 0. The molecule has 4 aromatic carbocycles. The molecule has 0 radical (unpaired) electrons. The summed E-state index contributed by atoms with van der Waals surface area (Å²) in [5.41, 5.74) is 6.71. The zero-order valence-corrected chi connectivity index (χ0v) is 23.0. The van der Waals surface area contributed by atoms with Crippen molar-refractivity contribution in [3.8, 4) is 22.6 Å². The lowest BCUT2D eigenvalue weighted by molar-refractivity contribution is 0.445. The fourth-order valence-electron chi connectivity index (χ4n) is 4.31. The van der Waals surface area contributed by atoms with Gasteiger partial charge in [0.25, 0.3) is 0 Å². The van der Waals surface area contributed by atoms with Gasteiger partial charge in [-0.1, -0.05) is 90.1 Å². The molecule has 0 aliphatic rings. The third kappa shape index (κ3) is 6.20. The van der Waals surface area contributed by atoms with Crippen LogP contribution in [0.5, 0.6) is 11.5 Å². The van der Waals surface area contributed by atoms with E-state index in [1.54, 1.807) is 12.4 Å².